The summed E-state index contributed by atoms with van der Waals surface area (Å²) in [5.74, 6) is -1.20. The van der Waals surface area contributed by atoms with Crippen molar-refractivity contribution in [1.82, 2.24) is 9.21 Å². The fourth-order valence-corrected chi connectivity index (χ4v) is 6.11. The average Bonchev–Trinajstić information content (AvgIpc) is 3.24. The number of carbonyl (C=O) groups is 2. The van der Waals surface area contributed by atoms with Crippen molar-refractivity contribution < 1.29 is 23.1 Å². The summed E-state index contributed by atoms with van der Waals surface area (Å²) in [4.78, 5) is 26.1. The summed E-state index contributed by atoms with van der Waals surface area (Å²) >= 11 is 6.08. The van der Waals surface area contributed by atoms with E-state index in [0.29, 0.717) is 29.0 Å². The monoisotopic (exact) mass is 429 g/mol. The molecule has 0 aromatic heterocycles. The Bertz CT molecular complexity index is 920. The molecule has 154 valence electrons. The molecule has 0 spiro atoms. The molecular weight excluding hydrogens is 406 g/mol. The van der Waals surface area contributed by atoms with Crippen LogP contribution >= 0.6 is 11.6 Å². The molecule has 0 saturated carbocycles. The number of nitrogens with zero attached hydrogens (tertiary/aromatic N) is 2. The number of halogens is 1. The zero-order valence-electron chi connectivity index (χ0n) is 15.8. The SMILES string of the molecule is Cc1cc(S(=O)(=O)N2CCC[C@@H]2C(=O)N2C[C@@H](O)C[C@H]2C(N)=O)c(C)cc1Cl. The van der Waals surface area contributed by atoms with E-state index in [2.05, 4.69) is 0 Å². The summed E-state index contributed by atoms with van der Waals surface area (Å²) in [5.41, 5.74) is 6.49. The fourth-order valence-electron chi connectivity index (χ4n) is 3.95. The molecule has 0 aliphatic carbocycles. The van der Waals surface area contributed by atoms with Crippen LogP contribution in [0.2, 0.25) is 5.02 Å². The Labute approximate surface area is 169 Å². The quantitative estimate of drug-likeness (QED) is 0.724. The fraction of sp³-hybridized carbons (Fsp3) is 0.556. The van der Waals surface area contributed by atoms with Gasteiger partial charge < -0.3 is 15.7 Å². The molecule has 0 radical (unpaired) electrons. The van der Waals surface area contributed by atoms with Crippen molar-refractivity contribution in [1.29, 1.82) is 0 Å². The van der Waals surface area contributed by atoms with Crippen molar-refractivity contribution in [2.24, 2.45) is 5.73 Å². The van der Waals surface area contributed by atoms with Crippen LogP contribution in [-0.2, 0) is 19.6 Å². The standard InChI is InChI=1S/C18H24ClN3O5S/c1-10-7-16(11(2)6-13(10)19)28(26,27)22-5-3-4-14(22)18(25)21-9-12(23)8-15(21)17(20)24/h6-7,12,14-15,23H,3-5,8-9H2,1-2H3,(H2,20,24)/t12-,14+,15-/m0/s1. The molecule has 2 amide bonds. The second-order valence-electron chi connectivity index (χ2n) is 7.44. The minimum absolute atomic E-state index is 0.0318. The van der Waals surface area contributed by atoms with E-state index >= 15 is 0 Å². The largest absolute Gasteiger partial charge is 0.391 e. The number of carbonyl (C=O) groups excluding carboxylic acids is 2. The Kier molecular flexibility index (Phi) is 5.73. The highest BCUT2D eigenvalue weighted by Gasteiger charge is 2.46. The van der Waals surface area contributed by atoms with Gasteiger partial charge in [0, 0.05) is 24.5 Å². The van der Waals surface area contributed by atoms with Crippen molar-refractivity contribution in [3.63, 3.8) is 0 Å². The van der Waals surface area contributed by atoms with E-state index in [1.54, 1.807) is 19.9 Å². The van der Waals surface area contributed by atoms with E-state index in [0.717, 1.165) is 0 Å². The molecule has 3 rings (SSSR count). The van der Waals surface area contributed by atoms with Crippen LogP contribution in [0.1, 0.15) is 30.4 Å². The van der Waals surface area contributed by atoms with Crippen molar-refractivity contribution in [2.75, 3.05) is 13.1 Å². The van der Waals surface area contributed by atoms with Crippen LogP contribution in [0.25, 0.3) is 0 Å². The van der Waals surface area contributed by atoms with Crippen molar-refractivity contribution in [3.8, 4) is 0 Å². The zero-order valence-corrected chi connectivity index (χ0v) is 17.3. The summed E-state index contributed by atoms with van der Waals surface area (Å²) in [6.45, 7) is 3.55. The highest BCUT2D eigenvalue weighted by Crippen LogP contribution is 2.32. The number of hydrogen-bond donors (Lipinski definition) is 2. The van der Waals surface area contributed by atoms with E-state index in [-0.39, 0.29) is 24.4 Å². The van der Waals surface area contributed by atoms with Gasteiger partial charge in [-0.05, 0) is 49.9 Å². The molecule has 8 nitrogen and oxygen atoms in total. The van der Waals surface area contributed by atoms with Crippen molar-refractivity contribution in [3.05, 3.63) is 28.3 Å². The molecule has 3 atom stereocenters. The Morgan fingerprint density at radius 2 is 1.89 bits per heavy atom. The summed E-state index contributed by atoms with van der Waals surface area (Å²) in [7, 11) is -3.94. The van der Waals surface area contributed by atoms with E-state index in [1.807, 2.05) is 0 Å². The summed E-state index contributed by atoms with van der Waals surface area (Å²) in [6, 6.07) is 1.26. The summed E-state index contributed by atoms with van der Waals surface area (Å²) in [6.07, 6.45) is 0.0884. The van der Waals surface area contributed by atoms with Gasteiger partial charge in [-0.1, -0.05) is 11.6 Å². The number of likely N-dealkylation sites (tertiary alicyclic amines) is 1. The molecule has 2 aliphatic heterocycles. The number of amides is 2. The van der Waals surface area contributed by atoms with Crippen LogP contribution in [0.3, 0.4) is 0 Å². The van der Waals surface area contributed by atoms with Gasteiger partial charge in [-0.25, -0.2) is 8.42 Å². The molecule has 1 aromatic rings. The number of sulfonamides is 1. The number of aliphatic hydroxyl groups is 1. The van der Waals surface area contributed by atoms with Gasteiger partial charge in [-0.15, -0.1) is 0 Å². The predicted molar refractivity (Wildman–Crippen MR) is 103 cm³/mol. The number of hydrogen-bond acceptors (Lipinski definition) is 5. The topological polar surface area (TPSA) is 121 Å². The van der Waals surface area contributed by atoms with Gasteiger partial charge in [0.2, 0.25) is 21.8 Å². The lowest BCUT2D eigenvalue weighted by atomic mass is 10.1. The van der Waals surface area contributed by atoms with Gasteiger partial charge >= 0.3 is 0 Å². The average molecular weight is 430 g/mol. The molecule has 2 saturated heterocycles. The highest BCUT2D eigenvalue weighted by molar-refractivity contribution is 7.89. The second-order valence-corrected chi connectivity index (χ2v) is 9.71. The molecule has 28 heavy (non-hydrogen) atoms. The van der Waals surface area contributed by atoms with Gasteiger partial charge in [-0.3, -0.25) is 9.59 Å². The molecule has 0 unspecified atom stereocenters. The Hall–Kier alpha value is -1.68. The number of aryl methyl sites for hydroxylation is 2. The Morgan fingerprint density at radius 3 is 2.54 bits per heavy atom. The van der Waals surface area contributed by atoms with E-state index < -0.39 is 40.0 Å². The molecule has 3 N–H and O–H groups in total. The second kappa shape index (κ2) is 7.62. The number of aliphatic hydroxyl groups excluding tert-OH is 1. The van der Waals surface area contributed by atoms with Crippen LogP contribution in [0.15, 0.2) is 17.0 Å². The van der Waals surface area contributed by atoms with Gasteiger partial charge in [0.1, 0.15) is 12.1 Å². The van der Waals surface area contributed by atoms with Crippen LogP contribution in [0.5, 0.6) is 0 Å². The molecule has 10 heteroatoms. The lowest BCUT2D eigenvalue weighted by Crippen LogP contribution is -2.52. The molecule has 2 aliphatic rings. The summed E-state index contributed by atoms with van der Waals surface area (Å²) in [5, 5.41) is 10.3. The zero-order chi connectivity index (χ0) is 20.8. The van der Waals surface area contributed by atoms with E-state index in [1.165, 1.54) is 15.3 Å². The van der Waals surface area contributed by atoms with Gasteiger partial charge in [0.15, 0.2) is 0 Å². The van der Waals surface area contributed by atoms with Gasteiger partial charge in [0.05, 0.1) is 11.0 Å². The third-order valence-corrected chi connectivity index (χ3v) is 7.88. The molecule has 1 aromatic carbocycles. The first kappa shape index (κ1) is 21.0. The molecule has 2 heterocycles. The highest BCUT2D eigenvalue weighted by atomic mass is 35.5. The lowest BCUT2D eigenvalue weighted by molar-refractivity contribution is -0.140. The third-order valence-electron chi connectivity index (χ3n) is 5.42. The lowest BCUT2D eigenvalue weighted by Gasteiger charge is -2.30. The minimum atomic E-state index is -3.94. The maximum Gasteiger partial charge on any atom is 0.244 e. The van der Waals surface area contributed by atoms with E-state index in [4.69, 9.17) is 17.3 Å². The predicted octanol–water partition coefficient (Wildman–Crippen LogP) is 0.557. The molecule has 0 bridgehead atoms. The number of β-amino-alcohol motifs (C(OH)–C–C–N with tert-alkyl or cyclic N) is 1. The number of primary amides is 1. The van der Waals surface area contributed by atoms with Crippen LogP contribution in [0, 0.1) is 13.8 Å². The van der Waals surface area contributed by atoms with Crippen molar-refractivity contribution >= 4 is 33.4 Å². The first-order valence-electron chi connectivity index (χ1n) is 9.10. The minimum Gasteiger partial charge on any atom is -0.391 e. The first-order valence-corrected chi connectivity index (χ1v) is 10.9. The van der Waals surface area contributed by atoms with Crippen LogP contribution < -0.4 is 5.73 Å². The maximum absolute atomic E-state index is 13.3. The number of benzene rings is 1. The number of nitrogens with two attached hydrogens (primary N) is 1. The Morgan fingerprint density at radius 1 is 1.21 bits per heavy atom. The smallest absolute Gasteiger partial charge is 0.244 e. The first-order chi connectivity index (χ1) is 13.0. The van der Waals surface area contributed by atoms with Crippen LogP contribution in [0.4, 0.5) is 0 Å². The normalized spacial score (nSPS) is 26.0. The van der Waals surface area contributed by atoms with Gasteiger partial charge in [-0.2, -0.15) is 4.31 Å². The van der Waals surface area contributed by atoms with Crippen molar-refractivity contribution in [2.45, 2.75) is 56.2 Å². The molecule has 2 fully saturated rings. The molecular formula is C18H24ClN3O5S. The van der Waals surface area contributed by atoms with Crippen LogP contribution in [-0.4, -0.2) is 65.8 Å². The Balaban J connectivity index is 1.93. The van der Waals surface area contributed by atoms with Gasteiger partial charge in [0.25, 0.3) is 0 Å². The number of rotatable bonds is 4. The van der Waals surface area contributed by atoms with E-state index in [9.17, 15) is 23.1 Å². The maximum atomic E-state index is 13.3. The summed E-state index contributed by atoms with van der Waals surface area (Å²) < 4.78 is 27.8. The third kappa shape index (κ3) is 3.63.